The molecule has 3 aromatic carbocycles. The lowest BCUT2D eigenvalue weighted by atomic mass is 9.94. The number of aryl methyl sites for hydroxylation is 1. The van der Waals surface area contributed by atoms with Gasteiger partial charge in [-0.25, -0.2) is 0 Å². The zero-order valence-corrected chi connectivity index (χ0v) is 18.9. The molecule has 5 rings (SSSR count). The van der Waals surface area contributed by atoms with E-state index in [2.05, 4.69) is 4.98 Å². The number of carbonyl (C=O) groups excluding carboxylic acids is 2. The topological polar surface area (TPSA) is 82.6 Å². The van der Waals surface area contributed by atoms with Crippen molar-refractivity contribution < 1.29 is 19.4 Å². The average Bonchev–Trinajstić information content (AvgIpc) is 3.39. The van der Waals surface area contributed by atoms with Crippen molar-refractivity contribution in [1.82, 2.24) is 9.88 Å². The molecule has 4 aromatic rings. The molecule has 0 saturated carbocycles. The van der Waals surface area contributed by atoms with Gasteiger partial charge in [-0.2, -0.15) is 0 Å². The van der Waals surface area contributed by atoms with E-state index in [1.165, 1.54) is 4.90 Å². The lowest BCUT2D eigenvalue weighted by molar-refractivity contribution is -0.140. The average molecular weight is 453 g/mol. The molecule has 6 nitrogen and oxygen atoms in total. The Morgan fingerprint density at radius 2 is 1.79 bits per heavy atom. The maximum atomic E-state index is 13.4. The third kappa shape index (κ3) is 3.53. The number of benzene rings is 3. The lowest BCUT2D eigenvalue weighted by Gasteiger charge is -2.26. The van der Waals surface area contributed by atoms with Crippen LogP contribution in [-0.2, 0) is 16.1 Å². The van der Waals surface area contributed by atoms with E-state index < -0.39 is 17.7 Å². The van der Waals surface area contributed by atoms with Crippen molar-refractivity contribution in [2.45, 2.75) is 19.5 Å². The molecule has 1 unspecified atom stereocenters. The normalized spacial score (nSPS) is 17.5. The summed E-state index contributed by atoms with van der Waals surface area (Å²) in [7, 11) is 1.57. The molecule has 1 aliphatic rings. The van der Waals surface area contributed by atoms with Crippen molar-refractivity contribution in [3.05, 3.63) is 107 Å². The number of fused-ring (bicyclic) bond motifs is 1. The zero-order valence-electron chi connectivity index (χ0n) is 18.9. The molecule has 0 aliphatic carbocycles. The maximum absolute atomic E-state index is 13.4. The molecule has 0 bridgehead atoms. The largest absolute Gasteiger partial charge is 0.507 e. The van der Waals surface area contributed by atoms with Gasteiger partial charge < -0.3 is 19.7 Å². The maximum Gasteiger partial charge on any atom is 0.295 e. The second-order valence-corrected chi connectivity index (χ2v) is 8.40. The molecule has 1 aromatic heterocycles. The number of aromatic nitrogens is 1. The molecule has 1 atom stereocenters. The highest BCUT2D eigenvalue weighted by molar-refractivity contribution is 6.46. The predicted molar refractivity (Wildman–Crippen MR) is 130 cm³/mol. The van der Waals surface area contributed by atoms with Gasteiger partial charge in [0.2, 0.25) is 0 Å². The van der Waals surface area contributed by atoms with Crippen LogP contribution in [0.3, 0.4) is 0 Å². The summed E-state index contributed by atoms with van der Waals surface area (Å²) in [5.74, 6) is -0.920. The number of aliphatic hydroxyl groups is 1. The molecule has 1 aliphatic heterocycles. The molecule has 2 heterocycles. The zero-order chi connectivity index (χ0) is 23.8. The number of hydrogen-bond donors (Lipinski definition) is 2. The number of aromatic amines is 1. The monoisotopic (exact) mass is 452 g/mol. The number of rotatable bonds is 5. The first-order valence-electron chi connectivity index (χ1n) is 11.0. The van der Waals surface area contributed by atoms with Crippen LogP contribution < -0.4 is 4.74 Å². The molecular formula is C28H24N2O4. The van der Waals surface area contributed by atoms with Gasteiger partial charge in [-0.3, -0.25) is 9.59 Å². The second kappa shape index (κ2) is 8.56. The molecular weight excluding hydrogens is 428 g/mol. The molecule has 6 heteroatoms. The fourth-order valence-electron chi connectivity index (χ4n) is 4.66. The van der Waals surface area contributed by atoms with Crippen LogP contribution in [0.4, 0.5) is 0 Å². The summed E-state index contributed by atoms with van der Waals surface area (Å²) in [4.78, 5) is 31.3. The Morgan fingerprint density at radius 3 is 2.59 bits per heavy atom. The van der Waals surface area contributed by atoms with E-state index in [9.17, 15) is 14.7 Å². The van der Waals surface area contributed by atoms with Crippen LogP contribution in [0, 0.1) is 6.92 Å². The number of amides is 1. The van der Waals surface area contributed by atoms with Gasteiger partial charge in [0.15, 0.2) is 0 Å². The Labute approximate surface area is 197 Å². The molecule has 2 N–H and O–H groups in total. The fraction of sp³-hybridized carbons (Fsp3) is 0.143. The Balaban J connectivity index is 1.70. The molecule has 1 fully saturated rings. The first-order valence-corrected chi connectivity index (χ1v) is 11.0. The standard InChI is InChI=1S/C28H24N2O4/c1-17-8-7-10-18(14-17)25-24(26(31)21-15-29-22-12-5-4-11-20(21)22)27(32)28(33)30(25)16-19-9-3-6-13-23(19)34-2/h3-15,25,29,31H,16H2,1-2H3/b26-24-. The third-order valence-corrected chi connectivity index (χ3v) is 6.28. The number of ketones is 1. The molecule has 34 heavy (non-hydrogen) atoms. The number of nitrogens with zero attached hydrogens (tertiary/aromatic N) is 1. The third-order valence-electron chi connectivity index (χ3n) is 6.28. The predicted octanol–water partition coefficient (Wildman–Crippen LogP) is 5.11. The summed E-state index contributed by atoms with van der Waals surface area (Å²) in [6, 6.07) is 21.8. The van der Waals surface area contributed by atoms with E-state index >= 15 is 0 Å². The van der Waals surface area contributed by atoms with E-state index in [1.807, 2.05) is 79.7 Å². The van der Waals surface area contributed by atoms with Crippen molar-refractivity contribution in [1.29, 1.82) is 0 Å². The van der Waals surface area contributed by atoms with Gasteiger partial charge in [0.1, 0.15) is 11.5 Å². The molecule has 0 radical (unpaired) electrons. The Kier molecular flexibility index (Phi) is 5.42. The number of ether oxygens (including phenoxy) is 1. The fourth-order valence-corrected chi connectivity index (χ4v) is 4.66. The van der Waals surface area contributed by atoms with Gasteiger partial charge in [-0.15, -0.1) is 0 Å². The van der Waals surface area contributed by atoms with Gasteiger partial charge in [-0.05, 0) is 24.6 Å². The number of nitrogens with one attached hydrogen (secondary N) is 1. The number of Topliss-reactive ketones (excluding diaryl/α,β-unsaturated/α-hetero) is 1. The molecule has 170 valence electrons. The summed E-state index contributed by atoms with van der Waals surface area (Å²) in [6.45, 7) is 2.12. The van der Waals surface area contributed by atoms with Crippen LogP contribution in [-0.4, -0.2) is 33.8 Å². The minimum absolute atomic E-state index is 0.0789. The van der Waals surface area contributed by atoms with Gasteiger partial charge in [-0.1, -0.05) is 66.2 Å². The smallest absolute Gasteiger partial charge is 0.295 e. The van der Waals surface area contributed by atoms with E-state index in [0.29, 0.717) is 11.3 Å². The SMILES string of the molecule is COc1ccccc1CN1C(=O)C(=O)/C(=C(\O)c2c[nH]c3ccccc23)C1c1cccc(C)c1. The number of carbonyl (C=O) groups is 2. The van der Waals surface area contributed by atoms with Crippen LogP contribution in [0.5, 0.6) is 5.75 Å². The highest BCUT2D eigenvalue weighted by Gasteiger charge is 2.46. The van der Waals surface area contributed by atoms with Gasteiger partial charge in [0.25, 0.3) is 11.7 Å². The summed E-state index contributed by atoms with van der Waals surface area (Å²) in [6.07, 6.45) is 1.67. The summed E-state index contributed by atoms with van der Waals surface area (Å²) >= 11 is 0. The molecule has 0 spiro atoms. The second-order valence-electron chi connectivity index (χ2n) is 8.40. The van der Waals surface area contributed by atoms with Crippen LogP contribution in [0.25, 0.3) is 16.7 Å². The number of para-hydroxylation sites is 2. The number of hydrogen-bond acceptors (Lipinski definition) is 4. The minimum atomic E-state index is -0.738. The van der Waals surface area contributed by atoms with Crippen molar-refractivity contribution >= 4 is 28.4 Å². The summed E-state index contributed by atoms with van der Waals surface area (Å²) in [5.41, 5.74) is 3.93. The van der Waals surface area contributed by atoms with Crippen LogP contribution in [0.1, 0.15) is 28.3 Å². The number of methoxy groups -OCH3 is 1. The van der Waals surface area contributed by atoms with Crippen molar-refractivity contribution in [3.8, 4) is 5.75 Å². The van der Waals surface area contributed by atoms with Gasteiger partial charge >= 0.3 is 0 Å². The van der Waals surface area contributed by atoms with Crippen LogP contribution in [0.2, 0.25) is 0 Å². The van der Waals surface area contributed by atoms with E-state index in [-0.39, 0.29) is 17.9 Å². The van der Waals surface area contributed by atoms with E-state index in [1.54, 1.807) is 13.3 Å². The van der Waals surface area contributed by atoms with Gasteiger partial charge in [0.05, 0.1) is 25.3 Å². The van der Waals surface area contributed by atoms with Crippen molar-refractivity contribution in [2.24, 2.45) is 0 Å². The van der Waals surface area contributed by atoms with Crippen molar-refractivity contribution in [2.75, 3.05) is 7.11 Å². The van der Waals surface area contributed by atoms with Crippen molar-refractivity contribution in [3.63, 3.8) is 0 Å². The lowest BCUT2D eigenvalue weighted by Crippen LogP contribution is -2.29. The Bertz CT molecular complexity index is 1450. The quantitative estimate of drug-likeness (QED) is 0.251. The minimum Gasteiger partial charge on any atom is -0.507 e. The van der Waals surface area contributed by atoms with Crippen LogP contribution >= 0.6 is 0 Å². The highest BCUT2D eigenvalue weighted by Crippen LogP contribution is 2.42. The Hall–Kier alpha value is -4.32. The number of aliphatic hydroxyl groups excluding tert-OH is 1. The molecule has 1 saturated heterocycles. The first kappa shape index (κ1) is 21.5. The summed E-state index contributed by atoms with van der Waals surface area (Å²) in [5, 5.41) is 12.2. The van der Waals surface area contributed by atoms with E-state index in [0.717, 1.165) is 27.6 Å². The molecule has 1 amide bonds. The number of likely N-dealkylation sites (tertiary alicyclic amines) is 1. The number of H-pyrrole nitrogens is 1. The first-order chi connectivity index (χ1) is 16.5. The highest BCUT2D eigenvalue weighted by atomic mass is 16.5. The van der Waals surface area contributed by atoms with Crippen LogP contribution in [0.15, 0.2) is 84.6 Å². The Morgan fingerprint density at radius 1 is 1.03 bits per heavy atom. The van der Waals surface area contributed by atoms with Gasteiger partial charge in [0, 0.05) is 28.2 Å². The summed E-state index contributed by atoms with van der Waals surface area (Å²) < 4.78 is 5.47. The van der Waals surface area contributed by atoms with E-state index in [4.69, 9.17) is 4.74 Å².